The zero-order valence-electron chi connectivity index (χ0n) is 12.6. The summed E-state index contributed by atoms with van der Waals surface area (Å²) in [6.07, 6.45) is 2.30. The molecule has 2 N–H and O–H groups in total. The number of amides is 1. The molecule has 2 atom stereocenters. The number of aryl methyl sites for hydroxylation is 1. The standard InChI is InChI=1S/C16H17F2N3OS/c1-9-20-8-15(23-9)16(22)21-14-7-19-5-4-11(14)10-2-3-12(17)13(18)6-10/h2-3,6,8,11,14,19H,4-5,7H2,1H3,(H,21,22). The highest BCUT2D eigenvalue weighted by Crippen LogP contribution is 2.27. The predicted octanol–water partition coefficient (Wildman–Crippen LogP) is 2.61. The van der Waals surface area contributed by atoms with Gasteiger partial charge in [0, 0.05) is 18.5 Å². The lowest BCUT2D eigenvalue weighted by atomic mass is 9.86. The summed E-state index contributed by atoms with van der Waals surface area (Å²) >= 11 is 1.33. The van der Waals surface area contributed by atoms with Crippen LogP contribution in [0, 0.1) is 18.6 Å². The minimum Gasteiger partial charge on any atom is -0.347 e. The number of halogens is 2. The van der Waals surface area contributed by atoms with Crippen molar-refractivity contribution in [2.45, 2.75) is 25.3 Å². The molecule has 0 bridgehead atoms. The average molecular weight is 337 g/mol. The van der Waals surface area contributed by atoms with Gasteiger partial charge < -0.3 is 10.6 Å². The second-order valence-electron chi connectivity index (χ2n) is 5.60. The van der Waals surface area contributed by atoms with Gasteiger partial charge in [-0.15, -0.1) is 11.3 Å². The van der Waals surface area contributed by atoms with E-state index < -0.39 is 11.6 Å². The number of thiazole rings is 1. The Labute approximate surface area is 136 Å². The van der Waals surface area contributed by atoms with Gasteiger partial charge in [-0.1, -0.05) is 6.07 Å². The fraction of sp³-hybridized carbons (Fsp3) is 0.375. The van der Waals surface area contributed by atoms with E-state index in [1.165, 1.54) is 17.4 Å². The van der Waals surface area contributed by atoms with Gasteiger partial charge in [-0.25, -0.2) is 13.8 Å². The monoisotopic (exact) mass is 337 g/mol. The number of piperidine rings is 1. The van der Waals surface area contributed by atoms with Crippen LogP contribution in [0.1, 0.15) is 32.6 Å². The van der Waals surface area contributed by atoms with Gasteiger partial charge in [0.15, 0.2) is 11.6 Å². The van der Waals surface area contributed by atoms with Crippen molar-refractivity contribution in [3.63, 3.8) is 0 Å². The molecule has 1 aliphatic heterocycles. The fourth-order valence-electron chi connectivity index (χ4n) is 2.86. The molecule has 0 spiro atoms. The lowest BCUT2D eigenvalue weighted by Gasteiger charge is -2.33. The summed E-state index contributed by atoms with van der Waals surface area (Å²) < 4.78 is 26.6. The largest absolute Gasteiger partial charge is 0.347 e. The first-order valence-electron chi connectivity index (χ1n) is 7.43. The van der Waals surface area contributed by atoms with Crippen LogP contribution in [0.3, 0.4) is 0 Å². The molecule has 1 aromatic heterocycles. The molecular weight excluding hydrogens is 320 g/mol. The van der Waals surface area contributed by atoms with Crippen molar-refractivity contribution >= 4 is 17.2 Å². The molecule has 3 rings (SSSR count). The first-order valence-corrected chi connectivity index (χ1v) is 8.25. The summed E-state index contributed by atoms with van der Waals surface area (Å²) in [5, 5.41) is 7.04. The molecule has 1 fully saturated rings. The summed E-state index contributed by atoms with van der Waals surface area (Å²) in [7, 11) is 0. The number of carbonyl (C=O) groups excluding carboxylic acids is 1. The Bertz CT molecular complexity index is 719. The van der Waals surface area contributed by atoms with Crippen molar-refractivity contribution in [1.82, 2.24) is 15.6 Å². The maximum atomic E-state index is 13.5. The van der Waals surface area contributed by atoms with E-state index in [9.17, 15) is 13.6 Å². The fourth-order valence-corrected chi connectivity index (χ4v) is 3.54. The molecule has 1 aliphatic rings. The molecule has 2 unspecified atom stereocenters. The highest BCUT2D eigenvalue weighted by molar-refractivity contribution is 7.13. The molecule has 1 aromatic carbocycles. The van der Waals surface area contributed by atoms with Crippen LogP contribution in [-0.2, 0) is 0 Å². The second-order valence-corrected chi connectivity index (χ2v) is 6.83. The maximum Gasteiger partial charge on any atom is 0.263 e. The quantitative estimate of drug-likeness (QED) is 0.905. The number of aromatic nitrogens is 1. The predicted molar refractivity (Wildman–Crippen MR) is 84.7 cm³/mol. The number of carbonyl (C=O) groups is 1. The molecule has 7 heteroatoms. The molecular formula is C16H17F2N3OS. The molecule has 2 aromatic rings. The van der Waals surface area contributed by atoms with Gasteiger partial charge >= 0.3 is 0 Å². The van der Waals surface area contributed by atoms with E-state index in [1.54, 1.807) is 12.3 Å². The number of nitrogens with one attached hydrogen (secondary N) is 2. The van der Waals surface area contributed by atoms with Crippen molar-refractivity contribution in [1.29, 1.82) is 0 Å². The van der Waals surface area contributed by atoms with Crippen LogP contribution in [0.2, 0.25) is 0 Å². The summed E-state index contributed by atoms with van der Waals surface area (Å²) in [6.45, 7) is 3.20. The third kappa shape index (κ3) is 3.56. The van der Waals surface area contributed by atoms with E-state index in [2.05, 4.69) is 15.6 Å². The highest BCUT2D eigenvalue weighted by Gasteiger charge is 2.29. The van der Waals surface area contributed by atoms with Crippen molar-refractivity contribution < 1.29 is 13.6 Å². The Morgan fingerprint density at radius 2 is 2.22 bits per heavy atom. The van der Waals surface area contributed by atoms with Gasteiger partial charge in [0.2, 0.25) is 0 Å². The molecule has 0 aliphatic carbocycles. The lowest BCUT2D eigenvalue weighted by molar-refractivity contribution is 0.0928. The minimum atomic E-state index is -0.858. The third-order valence-corrected chi connectivity index (χ3v) is 4.93. The zero-order chi connectivity index (χ0) is 16.4. The van der Waals surface area contributed by atoms with Crippen molar-refractivity contribution in [3.8, 4) is 0 Å². The van der Waals surface area contributed by atoms with Crippen LogP contribution in [0.5, 0.6) is 0 Å². The van der Waals surface area contributed by atoms with Crippen molar-refractivity contribution in [2.75, 3.05) is 13.1 Å². The van der Waals surface area contributed by atoms with Crippen LogP contribution in [0.15, 0.2) is 24.4 Å². The Morgan fingerprint density at radius 1 is 1.39 bits per heavy atom. The average Bonchev–Trinajstić information content (AvgIpc) is 2.97. The number of hydrogen-bond donors (Lipinski definition) is 2. The lowest BCUT2D eigenvalue weighted by Crippen LogP contribution is -2.49. The molecule has 4 nitrogen and oxygen atoms in total. The topological polar surface area (TPSA) is 54.0 Å². The number of hydrogen-bond acceptors (Lipinski definition) is 4. The maximum absolute atomic E-state index is 13.5. The summed E-state index contributed by atoms with van der Waals surface area (Å²) in [6, 6.07) is 3.77. The number of rotatable bonds is 3. The molecule has 2 heterocycles. The highest BCUT2D eigenvalue weighted by atomic mass is 32.1. The summed E-state index contributed by atoms with van der Waals surface area (Å²) in [4.78, 5) is 17.0. The Balaban J connectivity index is 1.78. The Morgan fingerprint density at radius 3 is 2.91 bits per heavy atom. The molecule has 23 heavy (non-hydrogen) atoms. The van der Waals surface area contributed by atoms with Crippen LogP contribution in [0.25, 0.3) is 0 Å². The van der Waals surface area contributed by atoms with Gasteiger partial charge in [0.25, 0.3) is 5.91 Å². The van der Waals surface area contributed by atoms with Crippen molar-refractivity contribution in [2.24, 2.45) is 0 Å². The van der Waals surface area contributed by atoms with Gasteiger partial charge in [-0.3, -0.25) is 4.79 Å². The summed E-state index contributed by atoms with van der Waals surface area (Å²) in [5.74, 6) is -1.95. The van der Waals surface area contributed by atoms with Gasteiger partial charge in [-0.05, 0) is 37.6 Å². The Hall–Kier alpha value is -1.86. The first kappa shape index (κ1) is 16.0. The number of benzene rings is 1. The molecule has 0 radical (unpaired) electrons. The summed E-state index contributed by atoms with van der Waals surface area (Å²) in [5.41, 5.74) is 0.705. The normalized spacial score (nSPS) is 21.2. The first-order chi connectivity index (χ1) is 11.0. The molecule has 0 saturated carbocycles. The SMILES string of the molecule is Cc1ncc(C(=O)NC2CNCCC2c2ccc(F)c(F)c2)s1. The van der Waals surface area contributed by atoms with E-state index in [-0.39, 0.29) is 17.9 Å². The molecule has 1 saturated heterocycles. The van der Waals surface area contributed by atoms with E-state index in [0.29, 0.717) is 17.0 Å². The molecule has 1 amide bonds. The smallest absolute Gasteiger partial charge is 0.263 e. The van der Waals surface area contributed by atoms with Gasteiger partial charge in [-0.2, -0.15) is 0 Å². The van der Waals surface area contributed by atoms with E-state index in [4.69, 9.17) is 0 Å². The zero-order valence-corrected chi connectivity index (χ0v) is 13.4. The van der Waals surface area contributed by atoms with E-state index in [0.717, 1.165) is 24.0 Å². The van der Waals surface area contributed by atoms with Crippen LogP contribution >= 0.6 is 11.3 Å². The Kier molecular flexibility index (Phi) is 4.68. The molecule has 122 valence electrons. The van der Waals surface area contributed by atoms with Crippen LogP contribution in [0.4, 0.5) is 8.78 Å². The second kappa shape index (κ2) is 6.72. The van der Waals surface area contributed by atoms with Gasteiger partial charge in [0.05, 0.1) is 11.2 Å². The van der Waals surface area contributed by atoms with E-state index in [1.807, 2.05) is 6.92 Å². The van der Waals surface area contributed by atoms with Crippen LogP contribution in [-0.4, -0.2) is 30.0 Å². The number of nitrogens with zero attached hydrogens (tertiary/aromatic N) is 1. The van der Waals surface area contributed by atoms with Crippen molar-refractivity contribution in [3.05, 3.63) is 51.5 Å². The third-order valence-electron chi connectivity index (χ3n) is 4.02. The minimum absolute atomic E-state index is 0.0516. The van der Waals surface area contributed by atoms with E-state index >= 15 is 0 Å². The van der Waals surface area contributed by atoms with Crippen LogP contribution < -0.4 is 10.6 Å². The van der Waals surface area contributed by atoms with Gasteiger partial charge in [0.1, 0.15) is 4.88 Å².